The summed E-state index contributed by atoms with van der Waals surface area (Å²) in [6.07, 6.45) is 0.851. The number of carbonyl (C=O) groups is 1. The van der Waals surface area contributed by atoms with E-state index < -0.39 is 5.41 Å². The lowest BCUT2D eigenvalue weighted by atomic mass is 9.67. The summed E-state index contributed by atoms with van der Waals surface area (Å²) in [7, 11) is 1.52. The fourth-order valence-electron chi connectivity index (χ4n) is 4.14. The molecule has 1 aromatic rings. The second-order valence-electron chi connectivity index (χ2n) is 8.31. The van der Waals surface area contributed by atoms with E-state index in [9.17, 15) is 4.79 Å². The van der Waals surface area contributed by atoms with Crippen molar-refractivity contribution < 1.29 is 9.53 Å². The van der Waals surface area contributed by atoms with Crippen molar-refractivity contribution in [3.63, 3.8) is 0 Å². The maximum absolute atomic E-state index is 12.7. The van der Waals surface area contributed by atoms with Crippen molar-refractivity contribution in [2.45, 2.75) is 53.6 Å². The average molecular weight is 317 g/mol. The Kier molecular flexibility index (Phi) is 5.20. The lowest BCUT2D eigenvalue weighted by Gasteiger charge is -2.36. The third kappa shape index (κ3) is 3.77. The van der Waals surface area contributed by atoms with Crippen molar-refractivity contribution in [2.75, 3.05) is 13.7 Å². The molecule has 1 aromatic carbocycles. The van der Waals surface area contributed by atoms with Crippen molar-refractivity contribution in [2.24, 2.45) is 16.7 Å². The number of rotatable bonds is 4. The number of methoxy groups -OCH3 is 1. The number of esters is 1. The van der Waals surface area contributed by atoms with Crippen LogP contribution in [-0.2, 0) is 16.1 Å². The standard InChI is InChI=1S/C20H31NO2/c1-15-16(2)21(12-17-10-8-7-9-11-17)14-20(15,18(22)23-6)13-19(3,4)5/h7-11,15-16H,12-14H2,1-6H3/t15-,16-,20-/m1/s1. The van der Waals surface area contributed by atoms with E-state index in [0.717, 1.165) is 19.5 Å². The van der Waals surface area contributed by atoms with Gasteiger partial charge in [-0.3, -0.25) is 9.69 Å². The van der Waals surface area contributed by atoms with Crippen LogP contribution >= 0.6 is 0 Å². The van der Waals surface area contributed by atoms with Gasteiger partial charge in [-0.15, -0.1) is 0 Å². The van der Waals surface area contributed by atoms with Gasteiger partial charge in [0.1, 0.15) is 0 Å². The molecule has 0 spiro atoms. The van der Waals surface area contributed by atoms with Crippen LogP contribution in [0, 0.1) is 16.7 Å². The highest BCUT2D eigenvalue weighted by Crippen LogP contribution is 2.48. The topological polar surface area (TPSA) is 29.5 Å². The molecule has 1 aliphatic rings. The third-order valence-corrected chi connectivity index (χ3v) is 5.32. The first-order valence-corrected chi connectivity index (χ1v) is 8.56. The zero-order valence-corrected chi connectivity index (χ0v) is 15.4. The molecule has 0 N–H and O–H groups in total. The highest BCUT2D eigenvalue weighted by atomic mass is 16.5. The summed E-state index contributed by atoms with van der Waals surface area (Å²) in [5, 5.41) is 0. The van der Waals surface area contributed by atoms with Gasteiger partial charge in [0, 0.05) is 19.1 Å². The van der Waals surface area contributed by atoms with Crippen LogP contribution in [0.2, 0.25) is 0 Å². The number of hydrogen-bond donors (Lipinski definition) is 0. The van der Waals surface area contributed by atoms with E-state index in [2.05, 4.69) is 63.8 Å². The number of ether oxygens (including phenoxy) is 1. The summed E-state index contributed by atoms with van der Waals surface area (Å²) in [5.74, 6) is 0.222. The fourth-order valence-corrected chi connectivity index (χ4v) is 4.14. The largest absolute Gasteiger partial charge is 0.469 e. The number of nitrogens with zero attached hydrogens (tertiary/aromatic N) is 1. The molecule has 1 saturated heterocycles. The molecule has 3 heteroatoms. The van der Waals surface area contributed by atoms with Crippen LogP contribution in [0.15, 0.2) is 30.3 Å². The first-order valence-electron chi connectivity index (χ1n) is 8.56. The average Bonchev–Trinajstić information content (AvgIpc) is 2.72. The minimum atomic E-state index is -0.415. The molecular formula is C20H31NO2. The zero-order chi connectivity index (χ0) is 17.3. The number of hydrogen-bond acceptors (Lipinski definition) is 3. The molecule has 23 heavy (non-hydrogen) atoms. The number of likely N-dealkylation sites (tertiary alicyclic amines) is 1. The second-order valence-corrected chi connectivity index (χ2v) is 8.31. The molecule has 128 valence electrons. The van der Waals surface area contributed by atoms with Gasteiger partial charge in [-0.25, -0.2) is 0 Å². The summed E-state index contributed by atoms with van der Waals surface area (Å²) in [6, 6.07) is 10.8. The Labute approximate surface area is 141 Å². The van der Waals surface area contributed by atoms with Gasteiger partial charge >= 0.3 is 5.97 Å². The van der Waals surface area contributed by atoms with Crippen molar-refractivity contribution in [1.29, 1.82) is 0 Å². The molecule has 1 fully saturated rings. The Morgan fingerprint density at radius 1 is 1.26 bits per heavy atom. The summed E-state index contributed by atoms with van der Waals surface area (Å²) in [6.45, 7) is 12.7. The van der Waals surface area contributed by atoms with Gasteiger partial charge in [0.2, 0.25) is 0 Å². The molecule has 0 aliphatic carbocycles. The molecule has 0 saturated carbocycles. The van der Waals surface area contributed by atoms with Gasteiger partial charge in [-0.1, -0.05) is 58.0 Å². The quantitative estimate of drug-likeness (QED) is 0.782. The van der Waals surface area contributed by atoms with Crippen molar-refractivity contribution in [3.05, 3.63) is 35.9 Å². The van der Waals surface area contributed by atoms with E-state index >= 15 is 0 Å². The molecule has 0 unspecified atom stereocenters. The normalized spacial score (nSPS) is 28.8. The van der Waals surface area contributed by atoms with Crippen LogP contribution in [0.5, 0.6) is 0 Å². The molecule has 0 bridgehead atoms. The van der Waals surface area contributed by atoms with E-state index in [1.54, 1.807) is 0 Å². The summed E-state index contributed by atoms with van der Waals surface area (Å²) >= 11 is 0. The van der Waals surface area contributed by atoms with Gasteiger partial charge in [-0.2, -0.15) is 0 Å². The predicted molar refractivity (Wildman–Crippen MR) is 94.0 cm³/mol. The van der Waals surface area contributed by atoms with E-state index in [1.165, 1.54) is 12.7 Å². The lowest BCUT2D eigenvalue weighted by molar-refractivity contribution is -0.156. The SMILES string of the molecule is COC(=O)[C@]1(CC(C)(C)C)CN(Cc2ccccc2)[C@H](C)[C@H]1C. The monoisotopic (exact) mass is 317 g/mol. The first kappa shape index (κ1) is 18.0. The van der Waals surface area contributed by atoms with Gasteiger partial charge in [0.05, 0.1) is 12.5 Å². The first-order chi connectivity index (χ1) is 10.7. The summed E-state index contributed by atoms with van der Waals surface area (Å²) in [4.78, 5) is 15.2. The van der Waals surface area contributed by atoms with E-state index in [0.29, 0.717) is 6.04 Å². The van der Waals surface area contributed by atoms with Crippen LogP contribution in [0.3, 0.4) is 0 Å². The predicted octanol–water partition coefficient (Wildman–Crippen LogP) is 4.12. The smallest absolute Gasteiger partial charge is 0.313 e. The fraction of sp³-hybridized carbons (Fsp3) is 0.650. The van der Waals surface area contributed by atoms with Gasteiger partial charge < -0.3 is 4.74 Å². The van der Waals surface area contributed by atoms with Crippen LogP contribution in [0.1, 0.15) is 46.6 Å². The van der Waals surface area contributed by atoms with Crippen LogP contribution in [0.4, 0.5) is 0 Å². The Balaban J connectivity index is 2.28. The minimum Gasteiger partial charge on any atom is -0.469 e. The maximum atomic E-state index is 12.7. The number of carbonyl (C=O) groups excluding carboxylic acids is 1. The van der Waals surface area contributed by atoms with Gasteiger partial charge in [0.15, 0.2) is 0 Å². The summed E-state index contributed by atoms with van der Waals surface area (Å²) in [5.41, 5.74) is 0.967. The van der Waals surface area contributed by atoms with Gasteiger partial charge in [0.25, 0.3) is 0 Å². The lowest BCUT2D eigenvalue weighted by Crippen LogP contribution is -2.42. The summed E-state index contributed by atoms with van der Waals surface area (Å²) < 4.78 is 5.24. The maximum Gasteiger partial charge on any atom is 0.313 e. The molecule has 3 atom stereocenters. The third-order valence-electron chi connectivity index (χ3n) is 5.32. The highest BCUT2D eigenvalue weighted by Gasteiger charge is 2.55. The molecule has 0 radical (unpaired) electrons. The van der Waals surface area contributed by atoms with Crippen molar-refractivity contribution >= 4 is 5.97 Å². The second kappa shape index (κ2) is 6.64. The molecule has 1 aliphatic heterocycles. The van der Waals surface area contributed by atoms with E-state index in [4.69, 9.17) is 4.74 Å². The molecule has 3 nitrogen and oxygen atoms in total. The van der Waals surface area contributed by atoms with E-state index in [-0.39, 0.29) is 17.3 Å². The Bertz CT molecular complexity index is 534. The van der Waals surface area contributed by atoms with Crippen LogP contribution in [0.25, 0.3) is 0 Å². The van der Waals surface area contributed by atoms with Crippen LogP contribution in [-0.4, -0.2) is 30.6 Å². The zero-order valence-electron chi connectivity index (χ0n) is 15.4. The van der Waals surface area contributed by atoms with Crippen molar-refractivity contribution in [1.82, 2.24) is 4.90 Å². The van der Waals surface area contributed by atoms with E-state index in [1.807, 2.05) is 6.07 Å². The Morgan fingerprint density at radius 2 is 1.87 bits per heavy atom. The highest BCUT2D eigenvalue weighted by molar-refractivity contribution is 5.78. The minimum absolute atomic E-state index is 0.0534. The molecule has 2 rings (SSSR count). The Morgan fingerprint density at radius 3 is 2.39 bits per heavy atom. The van der Waals surface area contributed by atoms with Gasteiger partial charge in [-0.05, 0) is 30.2 Å². The van der Waals surface area contributed by atoms with Crippen molar-refractivity contribution in [3.8, 4) is 0 Å². The molecule has 1 heterocycles. The molecular weight excluding hydrogens is 286 g/mol. The molecule has 0 amide bonds. The van der Waals surface area contributed by atoms with Crippen LogP contribution < -0.4 is 0 Å². The molecule has 0 aromatic heterocycles. The number of benzene rings is 1. The Hall–Kier alpha value is -1.35.